The Balaban J connectivity index is 2.51. The molecule has 0 aliphatic rings. The Morgan fingerprint density at radius 2 is 1.63 bits per heavy atom. The Morgan fingerprint density at radius 3 is 2.14 bits per heavy atom. The van der Waals surface area contributed by atoms with E-state index in [1.165, 1.54) is 12.1 Å². The maximum atomic E-state index is 15.7. The molecule has 1 atom stereocenters. The highest BCUT2D eigenvalue weighted by atomic mass is 19.1. The number of anilines is 2. The predicted octanol–water partition coefficient (Wildman–Crippen LogP) is 6.54. The van der Waals surface area contributed by atoms with Crippen LogP contribution in [-0.4, -0.2) is 30.1 Å². The Hall–Kier alpha value is -2.96. The topological polar surface area (TPSA) is 69.6 Å². The van der Waals surface area contributed by atoms with Gasteiger partial charge in [-0.25, -0.2) is 8.78 Å². The standard InChI is InChI=1S/C28H38F2N2O3/c1-7-21(14-27(34)35)22-12-24(30)28(32(15-17(2)3)16-18(4)5)25(13-22)31-26(33)11-20-9-8-19(6)23(29)10-20/h8-10,12-13,17-18,21H,7,11,14-16H2,1-6H3,(H,31,33)(H,34,35). The van der Waals surface area contributed by atoms with Gasteiger partial charge in [0.1, 0.15) is 11.6 Å². The molecule has 0 spiro atoms. The first-order valence-corrected chi connectivity index (χ1v) is 12.3. The van der Waals surface area contributed by atoms with Gasteiger partial charge in [0.2, 0.25) is 5.91 Å². The fourth-order valence-electron chi connectivity index (χ4n) is 4.25. The fraction of sp³-hybridized carbons (Fsp3) is 0.500. The average molecular weight is 489 g/mol. The SMILES string of the molecule is CCC(CC(=O)O)c1cc(F)c(N(CC(C)C)CC(C)C)c(NC(=O)Cc2ccc(C)c(F)c2)c1. The summed E-state index contributed by atoms with van der Waals surface area (Å²) >= 11 is 0. The molecule has 0 heterocycles. The number of halogens is 2. The molecule has 0 aromatic heterocycles. The molecule has 7 heteroatoms. The van der Waals surface area contributed by atoms with Crippen LogP contribution in [0.4, 0.5) is 20.2 Å². The molecule has 0 aliphatic heterocycles. The van der Waals surface area contributed by atoms with Crippen molar-refractivity contribution in [3.63, 3.8) is 0 Å². The largest absolute Gasteiger partial charge is 0.481 e. The van der Waals surface area contributed by atoms with Gasteiger partial charge in [0.25, 0.3) is 0 Å². The highest BCUT2D eigenvalue weighted by Crippen LogP contribution is 2.36. The lowest BCUT2D eigenvalue weighted by atomic mass is 9.92. The van der Waals surface area contributed by atoms with Gasteiger partial charge < -0.3 is 15.3 Å². The van der Waals surface area contributed by atoms with Gasteiger partial charge in [0.15, 0.2) is 0 Å². The smallest absolute Gasteiger partial charge is 0.303 e. The maximum Gasteiger partial charge on any atom is 0.303 e. The van der Waals surface area contributed by atoms with Gasteiger partial charge in [-0.3, -0.25) is 9.59 Å². The van der Waals surface area contributed by atoms with Crippen molar-refractivity contribution in [1.82, 2.24) is 0 Å². The molecular formula is C28H38F2N2O3. The van der Waals surface area contributed by atoms with Gasteiger partial charge in [0, 0.05) is 13.1 Å². The zero-order chi connectivity index (χ0) is 26.3. The average Bonchev–Trinajstić information content (AvgIpc) is 2.73. The minimum absolute atomic E-state index is 0.0663. The van der Waals surface area contributed by atoms with Gasteiger partial charge in [-0.2, -0.15) is 0 Å². The fourth-order valence-corrected chi connectivity index (χ4v) is 4.25. The molecule has 1 amide bonds. The lowest BCUT2D eigenvalue weighted by molar-refractivity contribution is -0.137. The van der Waals surface area contributed by atoms with E-state index in [1.54, 1.807) is 25.1 Å². The van der Waals surface area contributed by atoms with E-state index < -0.39 is 17.7 Å². The number of hydrogen-bond donors (Lipinski definition) is 2. The van der Waals surface area contributed by atoms with Crippen molar-refractivity contribution in [2.75, 3.05) is 23.3 Å². The van der Waals surface area contributed by atoms with Crippen molar-refractivity contribution in [1.29, 1.82) is 0 Å². The Bertz CT molecular complexity index is 1030. The van der Waals surface area contributed by atoms with E-state index in [1.807, 2.05) is 39.5 Å². The van der Waals surface area contributed by atoms with Crippen LogP contribution in [0.15, 0.2) is 30.3 Å². The van der Waals surface area contributed by atoms with Crippen molar-refractivity contribution in [2.45, 2.75) is 66.7 Å². The molecule has 1 unspecified atom stereocenters. The Kier molecular flexibility index (Phi) is 10.2. The van der Waals surface area contributed by atoms with Crippen LogP contribution < -0.4 is 10.2 Å². The Morgan fingerprint density at radius 1 is 1.00 bits per heavy atom. The molecule has 0 saturated heterocycles. The van der Waals surface area contributed by atoms with E-state index in [2.05, 4.69) is 5.32 Å². The second-order valence-electron chi connectivity index (χ2n) is 10.1. The molecule has 5 nitrogen and oxygen atoms in total. The van der Waals surface area contributed by atoms with Crippen molar-refractivity contribution in [2.24, 2.45) is 11.8 Å². The molecule has 0 bridgehead atoms. The van der Waals surface area contributed by atoms with E-state index >= 15 is 4.39 Å². The summed E-state index contributed by atoms with van der Waals surface area (Å²) in [6.45, 7) is 12.9. The highest BCUT2D eigenvalue weighted by Gasteiger charge is 2.24. The van der Waals surface area contributed by atoms with E-state index in [0.717, 1.165) is 0 Å². The summed E-state index contributed by atoms with van der Waals surface area (Å²) in [5, 5.41) is 12.1. The third-order valence-corrected chi connectivity index (χ3v) is 5.83. The monoisotopic (exact) mass is 488 g/mol. The second-order valence-corrected chi connectivity index (χ2v) is 10.1. The number of benzene rings is 2. The van der Waals surface area contributed by atoms with Crippen LogP contribution in [-0.2, 0) is 16.0 Å². The number of nitrogens with zero attached hydrogens (tertiary/aromatic N) is 1. The van der Waals surface area contributed by atoms with E-state index in [9.17, 15) is 19.1 Å². The second kappa shape index (κ2) is 12.7. The van der Waals surface area contributed by atoms with Crippen molar-refractivity contribution in [3.05, 3.63) is 58.7 Å². The van der Waals surface area contributed by atoms with Crippen LogP contribution >= 0.6 is 0 Å². The lowest BCUT2D eigenvalue weighted by Gasteiger charge is -2.31. The summed E-state index contributed by atoms with van der Waals surface area (Å²) in [5.74, 6) is -2.13. The number of hydrogen-bond acceptors (Lipinski definition) is 3. The molecule has 2 rings (SSSR count). The highest BCUT2D eigenvalue weighted by molar-refractivity contribution is 5.96. The minimum atomic E-state index is -0.963. The van der Waals surface area contributed by atoms with Gasteiger partial charge in [-0.05, 0) is 66.0 Å². The molecule has 2 aromatic carbocycles. The van der Waals surface area contributed by atoms with Gasteiger partial charge in [-0.15, -0.1) is 0 Å². The zero-order valence-corrected chi connectivity index (χ0v) is 21.6. The zero-order valence-electron chi connectivity index (χ0n) is 21.6. The van der Waals surface area contributed by atoms with Crippen LogP contribution in [0.2, 0.25) is 0 Å². The van der Waals surface area contributed by atoms with E-state index in [0.29, 0.717) is 47.6 Å². The summed E-state index contributed by atoms with van der Waals surface area (Å²) in [5.41, 5.74) is 2.14. The molecular weight excluding hydrogens is 450 g/mol. The first-order valence-electron chi connectivity index (χ1n) is 12.3. The first kappa shape index (κ1) is 28.3. The third kappa shape index (κ3) is 8.34. The molecule has 35 heavy (non-hydrogen) atoms. The maximum absolute atomic E-state index is 15.7. The normalized spacial score (nSPS) is 12.2. The molecule has 2 N–H and O–H groups in total. The molecule has 0 radical (unpaired) electrons. The number of carbonyl (C=O) groups is 2. The van der Waals surface area contributed by atoms with E-state index in [4.69, 9.17) is 0 Å². The van der Waals surface area contributed by atoms with Crippen molar-refractivity contribution < 1.29 is 23.5 Å². The van der Waals surface area contributed by atoms with Crippen LogP contribution in [0.25, 0.3) is 0 Å². The van der Waals surface area contributed by atoms with Crippen LogP contribution in [0.5, 0.6) is 0 Å². The summed E-state index contributed by atoms with van der Waals surface area (Å²) < 4.78 is 29.7. The number of aliphatic carboxylic acids is 1. The first-order chi connectivity index (χ1) is 16.4. The van der Waals surface area contributed by atoms with Crippen LogP contribution in [0.1, 0.15) is 70.1 Å². The number of nitrogens with one attached hydrogen (secondary N) is 1. The van der Waals surface area contributed by atoms with Crippen molar-refractivity contribution in [3.8, 4) is 0 Å². The third-order valence-electron chi connectivity index (χ3n) is 5.83. The molecule has 0 fully saturated rings. The van der Waals surface area contributed by atoms with Gasteiger partial charge in [0.05, 0.1) is 24.2 Å². The summed E-state index contributed by atoms with van der Waals surface area (Å²) in [4.78, 5) is 26.3. The Labute approximate surface area is 207 Å². The minimum Gasteiger partial charge on any atom is -0.481 e. The summed E-state index contributed by atoms with van der Waals surface area (Å²) in [6, 6.07) is 7.73. The van der Waals surface area contributed by atoms with E-state index in [-0.39, 0.29) is 36.4 Å². The summed E-state index contributed by atoms with van der Waals surface area (Å²) in [7, 11) is 0. The number of carboxylic acids is 1. The van der Waals surface area contributed by atoms with Crippen molar-refractivity contribution >= 4 is 23.3 Å². The summed E-state index contributed by atoms with van der Waals surface area (Å²) in [6.07, 6.45) is 0.318. The van der Waals surface area contributed by atoms with Gasteiger partial charge >= 0.3 is 5.97 Å². The molecule has 0 saturated carbocycles. The number of amides is 1. The van der Waals surface area contributed by atoms with Gasteiger partial charge in [-0.1, -0.05) is 46.8 Å². The van der Waals surface area contributed by atoms with Crippen LogP contribution in [0.3, 0.4) is 0 Å². The lowest BCUT2D eigenvalue weighted by Crippen LogP contribution is -2.33. The molecule has 192 valence electrons. The predicted molar refractivity (Wildman–Crippen MR) is 137 cm³/mol. The molecule has 0 aliphatic carbocycles. The quantitative estimate of drug-likeness (QED) is 0.356. The number of aryl methyl sites for hydroxylation is 1. The number of carboxylic acid groups (broad SMARTS) is 1. The number of rotatable bonds is 12. The molecule has 2 aromatic rings. The number of carbonyl (C=O) groups excluding carboxylic acids is 1. The van der Waals surface area contributed by atoms with Crippen LogP contribution in [0, 0.1) is 30.4 Å².